The summed E-state index contributed by atoms with van der Waals surface area (Å²) in [5, 5.41) is 3.74. The largest absolute Gasteiger partial charge is 0.366 e. The number of halogens is 1. The summed E-state index contributed by atoms with van der Waals surface area (Å²) in [4.78, 5) is 9.60. The minimum absolute atomic E-state index is 0.475. The Kier molecular flexibility index (Phi) is 4.22. The van der Waals surface area contributed by atoms with E-state index in [4.69, 9.17) is 11.6 Å². The molecule has 0 aliphatic heterocycles. The second-order valence-electron chi connectivity index (χ2n) is 5.16. The molecule has 110 valence electrons. The summed E-state index contributed by atoms with van der Waals surface area (Å²) in [6, 6.07) is 9.44. The van der Waals surface area contributed by atoms with Crippen LogP contribution in [0, 0.1) is 0 Å². The first-order chi connectivity index (χ1) is 10.1. The molecule has 1 aliphatic rings. The Morgan fingerprint density at radius 3 is 2.62 bits per heavy atom. The van der Waals surface area contributed by atoms with Crippen LogP contribution < -0.4 is 5.32 Å². The van der Waals surface area contributed by atoms with E-state index < -0.39 is 10.8 Å². The summed E-state index contributed by atoms with van der Waals surface area (Å²) in [5.74, 6) is 2.06. The van der Waals surface area contributed by atoms with E-state index in [0.717, 1.165) is 34.9 Å². The molecule has 1 unspecified atom stereocenters. The second kappa shape index (κ2) is 6.12. The van der Waals surface area contributed by atoms with Crippen LogP contribution in [0.4, 0.5) is 5.82 Å². The lowest BCUT2D eigenvalue weighted by molar-refractivity contribution is 0.687. The SMILES string of the molecule is CS(=O)c1ccc(CNc2cc(Cl)nc(C3CC3)n2)cc1. The lowest BCUT2D eigenvalue weighted by Gasteiger charge is -2.08. The topological polar surface area (TPSA) is 54.9 Å². The molecule has 1 aromatic carbocycles. The Morgan fingerprint density at radius 2 is 2.00 bits per heavy atom. The van der Waals surface area contributed by atoms with Crippen molar-refractivity contribution in [3.8, 4) is 0 Å². The van der Waals surface area contributed by atoms with Crippen LogP contribution in [0.2, 0.25) is 5.15 Å². The molecule has 21 heavy (non-hydrogen) atoms. The average molecular weight is 322 g/mol. The predicted octanol–water partition coefficient (Wildman–Crippen LogP) is 3.36. The zero-order valence-electron chi connectivity index (χ0n) is 11.7. The van der Waals surface area contributed by atoms with E-state index in [0.29, 0.717) is 17.6 Å². The van der Waals surface area contributed by atoms with Crippen molar-refractivity contribution in [2.24, 2.45) is 0 Å². The Labute approximate surface area is 131 Å². The molecule has 0 saturated heterocycles. The van der Waals surface area contributed by atoms with Crippen molar-refractivity contribution in [1.29, 1.82) is 0 Å². The van der Waals surface area contributed by atoms with Crippen LogP contribution in [0.5, 0.6) is 0 Å². The van der Waals surface area contributed by atoms with Crippen LogP contribution in [-0.2, 0) is 17.3 Å². The van der Waals surface area contributed by atoms with Crippen molar-refractivity contribution in [3.63, 3.8) is 0 Å². The van der Waals surface area contributed by atoms with Crippen LogP contribution in [0.25, 0.3) is 0 Å². The standard InChI is InChI=1S/C15H16ClN3OS/c1-21(20)12-6-2-10(3-7-12)9-17-14-8-13(16)18-15(19-14)11-4-5-11/h2-3,6-8,11H,4-5,9H2,1H3,(H,17,18,19). The highest BCUT2D eigenvalue weighted by atomic mass is 35.5. The Balaban J connectivity index is 1.68. The number of anilines is 1. The maximum Gasteiger partial charge on any atom is 0.135 e. The van der Waals surface area contributed by atoms with E-state index in [1.807, 2.05) is 24.3 Å². The van der Waals surface area contributed by atoms with Crippen LogP contribution in [0.15, 0.2) is 35.2 Å². The fourth-order valence-corrected chi connectivity index (χ4v) is 2.75. The molecule has 0 spiro atoms. The number of aromatic nitrogens is 2. The maximum absolute atomic E-state index is 11.3. The molecule has 6 heteroatoms. The summed E-state index contributed by atoms with van der Waals surface area (Å²) >= 11 is 6.03. The number of hydrogen-bond donors (Lipinski definition) is 1. The maximum atomic E-state index is 11.3. The smallest absolute Gasteiger partial charge is 0.135 e. The van der Waals surface area contributed by atoms with Gasteiger partial charge in [-0.3, -0.25) is 4.21 Å². The van der Waals surface area contributed by atoms with E-state index >= 15 is 0 Å². The lowest BCUT2D eigenvalue weighted by Crippen LogP contribution is -2.04. The Bertz CT molecular complexity index is 671. The molecule has 1 aromatic heterocycles. The molecular formula is C15H16ClN3OS. The number of rotatable bonds is 5. The van der Waals surface area contributed by atoms with E-state index in [-0.39, 0.29) is 0 Å². The van der Waals surface area contributed by atoms with Crippen molar-refractivity contribution in [1.82, 2.24) is 9.97 Å². The average Bonchev–Trinajstić information content (AvgIpc) is 3.29. The molecular weight excluding hydrogens is 306 g/mol. The molecule has 3 rings (SSSR count). The van der Waals surface area contributed by atoms with Gasteiger partial charge in [0, 0.05) is 40.5 Å². The van der Waals surface area contributed by atoms with Crippen LogP contribution in [0.3, 0.4) is 0 Å². The van der Waals surface area contributed by atoms with Gasteiger partial charge in [-0.2, -0.15) is 0 Å². The summed E-state index contributed by atoms with van der Waals surface area (Å²) in [6.45, 7) is 0.647. The number of hydrogen-bond acceptors (Lipinski definition) is 4. The second-order valence-corrected chi connectivity index (χ2v) is 6.93. The summed E-state index contributed by atoms with van der Waals surface area (Å²) < 4.78 is 11.3. The third-order valence-corrected chi connectivity index (χ3v) is 4.51. The fourth-order valence-electron chi connectivity index (χ4n) is 2.04. The molecule has 1 aliphatic carbocycles. The van der Waals surface area contributed by atoms with Gasteiger partial charge in [-0.05, 0) is 30.5 Å². The minimum atomic E-state index is -0.940. The van der Waals surface area contributed by atoms with Gasteiger partial charge in [0.2, 0.25) is 0 Å². The van der Waals surface area contributed by atoms with Gasteiger partial charge in [-0.15, -0.1) is 0 Å². The van der Waals surface area contributed by atoms with Gasteiger partial charge in [-0.25, -0.2) is 9.97 Å². The zero-order valence-corrected chi connectivity index (χ0v) is 13.2. The Hall–Kier alpha value is -1.46. The molecule has 0 radical (unpaired) electrons. The van der Waals surface area contributed by atoms with Gasteiger partial charge in [0.05, 0.1) is 0 Å². The van der Waals surface area contributed by atoms with Gasteiger partial charge >= 0.3 is 0 Å². The third-order valence-electron chi connectivity index (χ3n) is 3.38. The molecule has 1 fully saturated rings. The molecule has 1 atom stereocenters. The molecule has 1 heterocycles. The van der Waals surface area contributed by atoms with Gasteiger partial charge < -0.3 is 5.32 Å². The molecule has 0 amide bonds. The highest BCUT2D eigenvalue weighted by Crippen LogP contribution is 2.38. The van der Waals surface area contributed by atoms with Crippen molar-refractivity contribution >= 4 is 28.2 Å². The third kappa shape index (κ3) is 3.80. The van der Waals surface area contributed by atoms with Crippen molar-refractivity contribution < 1.29 is 4.21 Å². The van der Waals surface area contributed by atoms with E-state index in [9.17, 15) is 4.21 Å². The first kappa shape index (κ1) is 14.5. The zero-order chi connectivity index (χ0) is 14.8. The molecule has 4 nitrogen and oxygen atoms in total. The minimum Gasteiger partial charge on any atom is -0.366 e. The quantitative estimate of drug-likeness (QED) is 0.858. The highest BCUT2D eigenvalue weighted by Gasteiger charge is 2.27. The highest BCUT2D eigenvalue weighted by molar-refractivity contribution is 7.84. The van der Waals surface area contributed by atoms with Gasteiger partial charge in [-0.1, -0.05) is 23.7 Å². The summed E-state index contributed by atoms with van der Waals surface area (Å²) in [6.07, 6.45) is 3.97. The van der Waals surface area contributed by atoms with Gasteiger partial charge in [0.15, 0.2) is 0 Å². The van der Waals surface area contributed by atoms with Crippen molar-refractivity contribution in [3.05, 3.63) is 46.9 Å². The number of nitrogens with one attached hydrogen (secondary N) is 1. The number of nitrogens with zero attached hydrogens (tertiary/aromatic N) is 2. The molecule has 1 N–H and O–H groups in total. The summed E-state index contributed by atoms with van der Waals surface area (Å²) in [7, 11) is -0.940. The van der Waals surface area contributed by atoms with Crippen LogP contribution in [0.1, 0.15) is 30.1 Å². The lowest BCUT2D eigenvalue weighted by atomic mass is 10.2. The summed E-state index contributed by atoms with van der Waals surface area (Å²) in [5.41, 5.74) is 1.10. The van der Waals surface area contributed by atoms with E-state index in [1.54, 1.807) is 12.3 Å². The molecule has 2 aromatic rings. The molecule has 1 saturated carbocycles. The monoisotopic (exact) mass is 321 g/mol. The van der Waals surface area contributed by atoms with E-state index in [1.165, 1.54) is 0 Å². The van der Waals surface area contributed by atoms with Gasteiger partial charge in [0.25, 0.3) is 0 Å². The predicted molar refractivity (Wildman–Crippen MR) is 85.1 cm³/mol. The fraction of sp³-hybridized carbons (Fsp3) is 0.333. The Morgan fingerprint density at radius 1 is 1.29 bits per heavy atom. The molecule has 0 bridgehead atoms. The first-order valence-electron chi connectivity index (χ1n) is 6.82. The van der Waals surface area contributed by atoms with Crippen molar-refractivity contribution in [2.45, 2.75) is 30.2 Å². The van der Waals surface area contributed by atoms with Crippen molar-refractivity contribution in [2.75, 3.05) is 11.6 Å². The first-order valence-corrected chi connectivity index (χ1v) is 8.76. The van der Waals surface area contributed by atoms with E-state index in [2.05, 4.69) is 15.3 Å². The van der Waals surface area contributed by atoms with Gasteiger partial charge in [0.1, 0.15) is 16.8 Å². The van der Waals surface area contributed by atoms with Crippen LogP contribution in [-0.4, -0.2) is 20.4 Å². The normalized spacial score (nSPS) is 15.7. The van der Waals surface area contributed by atoms with Crippen LogP contribution >= 0.6 is 11.6 Å². The number of benzene rings is 1.